The van der Waals surface area contributed by atoms with E-state index >= 15 is 0 Å². The Morgan fingerprint density at radius 3 is 2.95 bits per heavy atom. The van der Waals surface area contributed by atoms with Gasteiger partial charge in [0.25, 0.3) is 0 Å². The minimum Gasteiger partial charge on any atom is -0.496 e. The molecular formula is C18H21NO2. The Balaban J connectivity index is 1.89. The lowest BCUT2D eigenvalue weighted by molar-refractivity contribution is 0.178. The van der Waals surface area contributed by atoms with Crippen molar-refractivity contribution in [1.29, 1.82) is 0 Å². The maximum Gasteiger partial charge on any atom is 0.122 e. The number of fused-ring (bicyclic) bond motifs is 1. The largest absolute Gasteiger partial charge is 0.496 e. The average molecular weight is 283 g/mol. The number of para-hydroxylation sites is 1. The van der Waals surface area contributed by atoms with Crippen LogP contribution in [-0.2, 0) is 12.8 Å². The molecule has 1 atom stereocenters. The Labute approximate surface area is 125 Å². The molecule has 0 radical (unpaired) electrons. The molecule has 2 aromatic rings. The molecule has 110 valence electrons. The molecule has 0 saturated carbocycles. The summed E-state index contributed by atoms with van der Waals surface area (Å²) in [7, 11) is 1.67. The van der Waals surface area contributed by atoms with Gasteiger partial charge in [0.05, 0.1) is 13.2 Å². The summed E-state index contributed by atoms with van der Waals surface area (Å²) in [4.78, 5) is 0. The second-order valence-electron chi connectivity index (χ2n) is 5.59. The number of benzene rings is 2. The number of nitrogens with one attached hydrogen (secondary N) is 1. The summed E-state index contributed by atoms with van der Waals surface area (Å²) in [5.41, 5.74) is 5.60. The highest BCUT2D eigenvalue weighted by atomic mass is 16.5. The summed E-state index contributed by atoms with van der Waals surface area (Å²) in [5, 5.41) is 14.0. The Morgan fingerprint density at radius 2 is 2.14 bits per heavy atom. The third-order valence-electron chi connectivity index (χ3n) is 4.09. The van der Waals surface area contributed by atoms with Crippen LogP contribution in [0.4, 0.5) is 5.69 Å². The number of anilines is 1. The Kier molecular flexibility index (Phi) is 3.84. The van der Waals surface area contributed by atoms with Crippen LogP contribution < -0.4 is 10.1 Å². The molecule has 1 unspecified atom stereocenters. The van der Waals surface area contributed by atoms with E-state index in [1.807, 2.05) is 24.3 Å². The van der Waals surface area contributed by atoms with Crippen molar-refractivity contribution in [2.45, 2.75) is 25.9 Å². The smallest absolute Gasteiger partial charge is 0.122 e. The van der Waals surface area contributed by atoms with E-state index in [1.54, 1.807) is 7.11 Å². The fourth-order valence-electron chi connectivity index (χ4n) is 3.03. The van der Waals surface area contributed by atoms with E-state index in [4.69, 9.17) is 4.74 Å². The zero-order valence-electron chi connectivity index (χ0n) is 12.5. The number of rotatable bonds is 4. The van der Waals surface area contributed by atoms with Crippen molar-refractivity contribution >= 4 is 5.69 Å². The SMILES string of the molecule is COc1ccc(C)cc1CC(O)c1cccc2c1NCC2. The van der Waals surface area contributed by atoms with E-state index in [0.29, 0.717) is 6.42 Å². The number of hydrogen-bond acceptors (Lipinski definition) is 3. The molecule has 3 heteroatoms. The Bertz CT molecular complexity index is 652. The number of methoxy groups -OCH3 is 1. The molecular weight excluding hydrogens is 262 g/mol. The van der Waals surface area contributed by atoms with Crippen LogP contribution >= 0.6 is 0 Å². The van der Waals surface area contributed by atoms with E-state index in [-0.39, 0.29) is 0 Å². The van der Waals surface area contributed by atoms with Gasteiger partial charge in [0.1, 0.15) is 5.75 Å². The molecule has 2 N–H and O–H groups in total. The Morgan fingerprint density at radius 1 is 1.29 bits per heavy atom. The first-order chi connectivity index (χ1) is 10.2. The van der Waals surface area contributed by atoms with Gasteiger partial charge in [0, 0.05) is 24.2 Å². The van der Waals surface area contributed by atoms with Gasteiger partial charge in [-0.05, 0) is 30.5 Å². The van der Waals surface area contributed by atoms with Crippen LogP contribution in [0.15, 0.2) is 36.4 Å². The fraction of sp³-hybridized carbons (Fsp3) is 0.333. The summed E-state index contributed by atoms with van der Waals surface area (Å²) in [5.74, 6) is 0.834. The molecule has 3 rings (SSSR count). The number of ether oxygens (including phenoxy) is 1. The molecule has 0 aliphatic carbocycles. The van der Waals surface area contributed by atoms with Crippen molar-refractivity contribution in [2.24, 2.45) is 0 Å². The molecule has 2 aromatic carbocycles. The number of aliphatic hydroxyl groups excluding tert-OH is 1. The van der Waals surface area contributed by atoms with Crippen molar-refractivity contribution in [3.63, 3.8) is 0 Å². The van der Waals surface area contributed by atoms with Crippen molar-refractivity contribution in [3.8, 4) is 5.75 Å². The quantitative estimate of drug-likeness (QED) is 0.905. The highest BCUT2D eigenvalue weighted by molar-refractivity contribution is 5.62. The van der Waals surface area contributed by atoms with Crippen molar-refractivity contribution < 1.29 is 9.84 Å². The summed E-state index contributed by atoms with van der Waals surface area (Å²) in [6.07, 6.45) is 1.06. The van der Waals surface area contributed by atoms with Gasteiger partial charge in [-0.3, -0.25) is 0 Å². The maximum atomic E-state index is 10.7. The third kappa shape index (κ3) is 2.74. The zero-order chi connectivity index (χ0) is 14.8. The number of hydrogen-bond donors (Lipinski definition) is 2. The minimum atomic E-state index is -0.527. The van der Waals surface area contributed by atoms with Gasteiger partial charge in [-0.2, -0.15) is 0 Å². The molecule has 0 spiro atoms. The molecule has 21 heavy (non-hydrogen) atoms. The van der Waals surface area contributed by atoms with Crippen LogP contribution in [-0.4, -0.2) is 18.8 Å². The van der Waals surface area contributed by atoms with Crippen LogP contribution in [0.1, 0.15) is 28.4 Å². The van der Waals surface area contributed by atoms with Crippen molar-refractivity contribution in [2.75, 3.05) is 19.0 Å². The first-order valence-electron chi connectivity index (χ1n) is 7.36. The van der Waals surface area contributed by atoms with Gasteiger partial charge in [0.15, 0.2) is 0 Å². The summed E-state index contributed by atoms with van der Waals surface area (Å²) in [6, 6.07) is 12.2. The van der Waals surface area contributed by atoms with E-state index in [2.05, 4.69) is 24.4 Å². The predicted octanol–water partition coefficient (Wildman–Crippen LogP) is 3.25. The third-order valence-corrected chi connectivity index (χ3v) is 4.09. The lowest BCUT2D eigenvalue weighted by atomic mass is 9.96. The first kappa shape index (κ1) is 14.0. The predicted molar refractivity (Wildman–Crippen MR) is 85.0 cm³/mol. The maximum absolute atomic E-state index is 10.7. The zero-order valence-corrected chi connectivity index (χ0v) is 12.5. The lowest BCUT2D eigenvalue weighted by Gasteiger charge is -2.17. The standard InChI is InChI=1S/C18H21NO2/c1-12-6-7-17(21-2)14(10-12)11-16(20)15-5-3-4-13-8-9-19-18(13)15/h3-7,10,16,19-20H,8-9,11H2,1-2H3. The second kappa shape index (κ2) is 5.78. The summed E-state index contributed by atoms with van der Waals surface area (Å²) in [6.45, 7) is 3.00. The van der Waals surface area contributed by atoms with Gasteiger partial charge >= 0.3 is 0 Å². The molecule has 0 amide bonds. The van der Waals surface area contributed by atoms with E-state index in [1.165, 1.54) is 11.1 Å². The number of aliphatic hydroxyl groups is 1. The lowest BCUT2D eigenvalue weighted by Crippen LogP contribution is -2.06. The van der Waals surface area contributed by atoms with Crippen LogP contribution in [0, 0.1) is 6.92 Å². The molecule has 0 aromatic heterocycles. The van der Waals surface area contributed by atoms with Gasteiger partial charge in [-0.15, -0.1) is 0 Å². The molecule has 1 aliphatic heterocycles. The summed E-state index contributed by atoms with van der Waals surface area (Å²) >= 11 is 0. The van der Waals surface area contributed by atoms with Crippen LogP contribution in [0.2, 0.25) is 0 Å². The topological polar surface area (TPSA) is 41.5 Å². The second-order valence-corrected chi connectivity index (χ2v) is 5.59. The van der Waals surface area contributed by atoms with Gasteiger partial charge in [-0.25, -0.2) is 0 Å². The Hall–Kier alpha value is -2.00. The number of aryl methyl sites for hydroxylation is 1. The molecule has 1 heterocycles. The normalized spacial score (nSPS) is 14.4. The van der Waals surface area contributed by atoms with Crippen LogP contribution in [0.5, 0.6) is 5.75 Å². The molecule has 0 saturated heterocycles. The average Bonchev–Trinajstić information content (AvgIpc) is 2.95. The first-order valence-corrected chi connectivity index (χ1v) is 7.36. The van der Waals surface area contributed by atoms with Crippen molar-refractivity contribution in [1.82, 2.24) is 0 Å². The van der Waals surface area contributed by atoms with Crippen molar-refractivity contribution in [3.05, 3.63) is 58.7 Å². The van der Waals surface area contributed by atoms with E-state index in [0.717, 1.165) is 35.5 Å². The minimum absolute atomic E-state index is 0.527. The molecule has 0 fully saturated rings. The molecule has 1 aliphatic rings. The summed E-state index contributed by atoms with van der Waals surface area (Å²) < 4.78 is 5.40. The highest BCUT2D eigenvalue weighted by Gasteiger charge is 2.20. The van der Waals surface area contributed by atoms with Gasteiger partial charge < -0.3 is 15.2 Å². The van der Waals surface area contributed by atoms with Crippen LogP contribution in [0.25, 0.3) is 0 Å². The van der Waals surface area contributed by atoms with Gasteiger partial charge in [0.2, 0.25) is 0 Å². The van der Waals surface area contributed by atoms with E-state index < -0.39 is 6.10 Å². The van der Waals surface area contributed by atoms with Crippen LogP contribution in [0.3, 0.4) is 0 Å². The molecule has 0 bridgehead atoms. The van der Waals surface area contributed by atoms with E-state index in [9.17, 15) is 5.11 Å². The molecule has 3 nitrogen and oxygen atoms in total. The monoisotopic (exact) mass is 283 g/mol. The van der Waals surface area contributed by atoms with Gasteiger partial charge in [-0.1, -0.05) is 35.9 Å². The highest BCUT2D eigenvalue weighted by Crippen LogP contribution is 2.33. The fourth-order valence-corrected chi connectivity index (χ4v) is 3.03.